The largest absolute Gasteiger partial charge is 0.469 e. The summed E-state index contributed by atoms with van der Waals surface area (Å²) in [5, 5.41) is 0. The van der Waals surface area contributed by atoms with E-state index in [2.05, 4.69) is 30.4 Å². The molecular formula is C32H24O4. The quantitative estimate of drug-likeness (QED) is 0.452. The van der Waals surface area contributed by atoms with Gasteiger partial charge in [-0.05, 0) is 44.5 Å². The Morgan fingerprint density at radius 2 is 1.36 bits per heavy atom. The maximum atomic E-state index is 13.6. The summed E-state index contributed by atoms with van der Waals surface area (Å²) in [6.07, 6.45) is 6.16. The van der Waals surface area contributed by atoms with Gasteiger partial charge in [0.2, 0.25) is 0 Å². The number of fused-ring (bicyclic) bond motifs is 3. The standard InChI is InChI=1S/C32H24O4/c1-35-30(33)27-26-24-17-10-9-16-23(24)25-22(20-12-5-3-6-13-20)18-11-19-32(28(25)26,29(27)31(34)36-2)21-14-7-4-8-15-21/h3-19,29H,1-2H3/t29-,32+/m0/s1. The Bertz CT molecular complexity index is 1520. The van der Waals surface area contributed by atoms with Crippen molar-refractivity contribution in [2.24, 2.45) is 5.92 Å². The summed E-state index contributed by atoms with van der Waals surface area (Å²) in [5.74, 6) is -1.89. The Labute approximate surface area is 209 Å². The van der Waals surface area contributed by atoms with E-state index in [9.17, 15) is 9.59 Å². The monoisotopic (exact) mass is 472 g/mol. The van der Waals surface area contributed by atoms with Crippen molar-refractivity contribution in [2.45, 2.75) is 5.41 Å². The highest BCUT2D eigenvalue weighted by Crippen LogP contribution is 2.65. The normalized spacial score (nSPS) is 21.5. The van der Waals surface area contributed by atoms with Gasteiger partial charge >= 0.3 is 11.9 Å². The average molecular weight is 473 g/mol. The van der Waals surface area contributed by atoms with Gasteiger partial charge in [-0.15, -0.1) is 0 Å². The molecule has 176 valence electrons. The SMILES string of the molecule is COC(=O)C1=C2C3=C(C(c4ccccc4)=CC=C[C@]3(c3ccccc3)[C@@H]1C(=O)OC)c1ccccc12. The van der Waals surface area contributed by atoms with Gasteiger partial charge in [-0.2, -0.15) is 0 Å². The molecule has 0 aromatic heterocycles. The topological polar surface area (TPSA) is 52.6 Å². The third kappa shape index (κ3) is 2.88. The summed E-state index contributed by atoms with van der Waals surface area (Å²) < 4.78 is 10.6. The molecule has 36 heavy (non-hydrogen) atoms. The molecular weight excluding hydrogens is 448 g/mol. The van der Waals surface area contributed by atoms with Gasteiger partial charge in [0, 0.05) is 0 Å². The molecule has 2 atom stereocenters. The first-order chi connectivity index (χ1) is 17.6. The van der Waals surface area contributed by atoms with Crippen molar-refractivity contribution in [1.29, 1.82) is 0 Å². The van der Waals surface area contributed by atoms with Crippen LogP contribution in [0.2, 0.25) is 0 Å². The third-order valence-electron chi connectivity index (χ3n) is 7.46. The van der Waals surface area contributed by atoms with Gasteiger partial charge in [0.1, 0.15) is 5.92 Å². The van der Waals surface area contributed by atoms with Gasteiger partial charge in [0.15, 0.2) is 0 Å². The van der Waals surface area contributed by atoms with Crippen molar-refractivity contribution in [1.82, 2.24) is 0 Å². The van der Waals surface area contributed by atoms with Gasteiger partial charge in [-0.3, -0.25) is 4.79 Å². The second-order valence-corrected chi connectivity index (χ2v) is 9.07. The van der Waals surface area contributed by atoms with E-state index in [4.69, 9.17) is 9.47 Å². The summed E-state index contributed by atoms with van der Waals surface area (Å²) in [7, 11) is 2.72. The minimum absolute atomic E-state index is 0.338. The van der Waals surface area contributed by atoms with E-state index in [1.165, 1.54) is 14.2 Å². The highest BCUT2D eigenvalue weighted by atomic mass is 16.5. The summed E-state index contributed by atoms with van der Waals surface area (Å²) in [6, 6.07) is 28.2. The molecule has 3 aromatic rings. The molecule has 0 aliphatic heterocycles. The number of carbonyl (C=O) groups excluding carboxylic acids is 2. The van der Waals surface area contributed by atoms with Crippen LogP contribution >= 0.6 is 0 Å². The number of esters is 2. The fraction of sp³-hybridized carbons (Fsp3) is 0.125. The Balaban J connectivity index is 1.81. The molecule has 0 heterocycles. The zero-order valence-electron chi connectivity index (χ0n) is 20.0. The Kier molecular flexibility index (Phi) is 5.11. The van der Waals surface area contributed by atoms with Crippen LogP contribution in [-0.2, 0) is 24.5 Å². The van der Waals surface area contributed by atoms with Crippen LogP contribution < -0.4 is 0 Å². The van der Waals surface area contributed by atoms with Crippen LogP contribution in [0.25, 0.3) is 16.7 Å². The van der Waals surface area contributed by atoms with E-state index in [1.807, 2.05) is 72.8 Å². The number of carbonyl (C=O) groups is 2. The summed E-state index contributed by atoms with van der Waals surface area (Å²) in [4.78, 5) is 27.0. The minimum atomic E-state index is -0.950. The molecule has 0 bridgehead atoms. The van der Waals surface area contributed by atoms with Gasteiger partial charge in [0.05, 0.1) is 25.2 Å². The first-order valence-electron chi connectivity index (χ1n) is 11.9. The van der Waals surface area contributed by atoms with E-state index >= 15 is 0 Å². The second-order valence-electron chi connectivity index (χ2n) is 9.07. The van der Waals surface area contributed by atoms with E-state index < -0.39 is 23.3 Å². The third-order valence-corrected chi connectivity index (χ3v) is 7.46. The number of allylic oxidation sites excluding steroid dienone is 7. The van der Waals surface area contributed by atoms with E-state index in [-0.39, 0.29) is 0 Å². The average Bonchev–Trinajstić information content (AvgIpc) is 3.35. The smallest absolute Gasteiger partial charge is 0.335 e. The molecule has 0 fully saturated rings. The molecule has 0 radical (unpaired) electrons. The predicted molar refractivity (Wildman–Crippen MR) is 139 cm³/mol. The predicted octanol–water partition coefficient (Wildman–Crippen LogP) is 5.77. The number of hydrogen-bond acceptors (Lipinski definition) is 4. The molecule has 4 nitrogen and oxygen atoms in total. The number of rotatable bonds is 4. The molecule has 3 aliphatic rings. The zero-order valence-corrected chi connectivity index (χ0v) is 20.0. The molecule has 4 heteroatoms. The first-order valence-corrected chi connectivity index (χ1v) is 11.9. The van der Waals surface area contributed by atoms with Crippen LogP contribution in [0.1, 0.15) is 22.3 Å². The van der Waals surface area contributed by atoms with Gasteiger partial charge < -0.3 is 9.47 Å². The Morgan fingerprint density at radius 1 is 0.750 bits per heavy atom. The molecule has 0 unspecified atom stereocenters. The van der Waals surface area contributed by atoms with Crippen molar-refractivity contribution in [3.8, 4) is 0 Å². The molecule has 0 amide bonds. The van der Waals surface area contributed by atoms with E-state index in [0.29, 0.717) is 5.57 Å². The molecule has 3 aliphatic carbocycles. The van der Waals surface area contributed by atoms with Crippen molar-refractivity contribution in [3.05, 3.63) is 137 Å². The van der Waals surface area contributed by atoms with Gasteiger partial charge in [-0.25, -0.2) is 4.79 Å². The van der Waals surface area contributed by atoms with E-state index in [0.717, 1.165) is 44.5 Å². The Morgan fingerprint density at radius 3 is 2.00 bits per heavy atom. The number of methoxy groups -OCH3 is 2. The zero-order chi connectivity index (χ0) is 24.9. The van der Waals surface area contributed by atoms with Crippen LogP contribution in [0.4, 0.5) is 0 Å². The maximum absolute atomic E-state index is 13.6. The summed E-state index contributed by atoms with van der Waals surface area (Å²) in [5.41, 5.74) is 7.08. The van der Waals surface area contributed by atoms with Gasteiger partial charge in [0.25, 0.3) is 0 Å². The molecule has 6 rings (SSSR count). The van der Waals surface area contributed by atoms with E-state index in [1.54, 1.807) is 0 Å². The molecule has 0 spiro atoms. The number of benzene rings is 3. The van der Waals surface area contributed by atoms with Crippen LogP contribution in [0, 0.1) is 5.92 Å². The van der Waals surface area contributed by atoms with Crippen LogP contribution in [0.3, 0.4) is 0 Å². The lowest BCUT2D eigenvalue weighted by atomic mass is 9.66. The molecule has 0 N–H and O–H groups in total. The van der Waals surface area contributed by atoms with Gasteiger partial charge in [-0.1, -0.05) is 103 Å². The molecule has 3 aromatic carbocycles. The van der Waals surface area contributed by atoms with Crippen LogP contribution in [0.15, 0.2) is 114 Å². The highest BCUT2D eigenvalue weighted by Gasteiger charge is 2.60. The van der Waals surface area contributed by atoms with Crippen molar-refractivity contribution < 1.29 is 19.1 Å². The fourth-order valence-electron chi connectivity index (χ4n) is 6.09. The lowest BCUT2D eigenvalue weighted by Gasteiger charge is -2.35. The van der Waals surface area contributed by atoms with Crippen molar-refractivity contribution in [3.63, 3.8) is 0 Å². The Hall–Kier alpha value is -4.44. The van der Waals surface area contributed by atoms with Crippen molar-refractivity contribution >= 4 is 28.7 Å². The lowest BCUT2D eigenvalue weighted by molar-refractivity contribution is -0.148. The van der Waals surface area contributed by atoms with Crippen molar-refractivity contribution in [2.75, 3.05) is 14.2 Å². The van der Waals surface area contributed by atoms with Crippen LogP contribution in [0.5, 0.6) is 0 Å². The van der Waals surface area contributed by atoms with Crippen LogP contribution in [-0.4, -0.2) is 26.2 Å². The molecule has 0 saturated carbocycles. The summed E-state index contributed by atoms with van der Waals surface area (Å²) >= 11 is 0. The maximum Gasteiger partial charge on any atom is 0.335 e. The second kappa shape index (κ2) is 8.35. The summed E-state index contributed by atoms with van der Waals surface area (Å²) in [6.45, 7) is 0. The fourth-order valence-corrected chi connectivity index (χ4v) is 6.09. The molecule has 0 saturated heterocycles. The minimum Gasteiger partial charge on any atom is -0.469 e. The first kappa shape index (κ1) is 22.1. The lowest BCUT2D eigenvalue weighted by Crippen LogP contribution is -2.39. The highest BCUT2D eigenvalue weighted by molar-refractivity contribution is 6.24. The number of ether oxygens (including phenoxy) is 2. The number of hydrogen-bond donors (Lipinski definition) is 0.